The maximum atomic E-state index is 6.10. The number of furan rings is 1. The summed E-state index contributed by atoms with van der Waals surface area (Å²) in [5.41, 5.74) is 3.29. The molecule has 0 bridgehead atoms. The molecule has 5 nitrogen and oxygen atoms in total. The van der Waals surface area contributed by atoms with Crippen molar-refractivity contribution in [1.29, 1.82) is 0 Å². The van der Waals surface area contributed by atoms with Gasteiger partial charge in [0.25, 0.3) is 0 Å². The molecule has 18 heavy (non-hydrogen) atoms. The van der Waals surface area contributed by atoms with Crippen LogP contribution in [0.4, 0.5) is 5.82 Å². The second-order valence-electron chi connectivity index (χ2n) is 4.02. The van der Waals surface area contributed by atoms with Crippen molar-refractivity contribution < 1.29 is 4.42 Å². The zero-order valence-electron chi connectivity index (χ0n) is 10.1. The Labute approximate surface area is 111 Å². The van der Waals surface area contributed by atoms with Gasteiger partial charge in [-0.3, -0.25) is 4.90 Å². The molecule has 0 fully saturated rings. The Morgan fingerprint density at radius 1 is 1.39 bits per heavy atom. The van der Waals surface area contributed by atoms with Crippen LogP contribution in [0.2, 0.25) is 5.02 Å². The van der Waals surface area contributed by atoms with E-state index in [1.165, 1.54) is 0 Å². The van der Waals surface area contributed by atoms with Gasteiger partial charge in [0.1, 0.15) is 11.6 Å². The van der Waals surface area contributed by atoms with Gasteiger partial charge >= 0.3 is 0 Å². The van der Waals surface area contributed by atoms with Gasteiger partial charge < -0.3 is 9.84 Å². The van der Waals surface area contributed by atoms with E-state index in [0.717, 1.165) is 11.5 Å². The van der Waals surface area contributed by atoms with E-state index in [1.807, 2.05) is 19.2 Å². The number of hydrogen-bond donors (Lipinski definition) is 2. The number of nitrogens with zero attached hydrogens (tertiary/aromatic N) is 2. The number of hydrazine groups is 1. The highest BCUT2D eigenvalue weighted by molar-refractivity contribution is 6.31. The van der Waals surface area contributed by atoms with E-state index in [-0.39, 0.29) is 0 Å². The quantitative estimate of drug-likeness (QED) is 0.642. The highest BCUT2D eigenvalue weighted by Gasteiger charge is 2.08. The number of nitrogens with one attached hydrogen (secondary N) is 1. The molecule has 0 radical (unpaired) electrons. The molecule has 0 amide bonds. The van der Waals surface area contributed by atoms with Crippen molar-refractivity contribution >= 4 is 17.4 Å². The van der Waals surface area contributed by atoms with Crippen LogP contribution in [0.5, 0.6) is 0 Å². The highest BCUT2D eigenvalue weighted by Crippen LogP contribution is 2.18. The Hall–Kier alpha value is -1.56. The third-order valence-electron chi connectivity index (χ3n) is 2.49. The van der Waals surface area contributed by atoms with Crippen LogP contribution in [-0.4, -0.2) is 16.9 Å². The summed E-state index contributed by atoms with van der Waals surface area (Å²) < 4.78 is 5.29. The van der Waals surface area contributed by atoms with Crippen LogP contribution in [0.15, 0.2) is 34.9 Å². The van der Waals surface area contributed by atoms with E-state index in [0.29, 0.717) is 23.9 Å². The minimum atomic E-state index is 0.598. The summed E-state index contributed by atoms with van der Waals surface area (Å²) in [4.78, 5) is 6.38. The maximum absolute atomic E-state index is 6.10. The average molecular weight is 267 g/mol. The van der Waals surface area contributed by atoms with Gasteiger partial charge in [-0.25, -0.2) is 10.8 Å². The predicted octanol–water partition coefficient (Wildman–Crippen LogP) is 2.25. The Kier molecular flexibility index (Phi) is 4.19. The summed E-state index contributed by atoms with van der Waals surface area (Å²) in [7, 11) is 1.98. The first kappa shape index (κ1) is 12.9. The molecule has 0 unspecified atom stereocenters. The lowest BCUT2D eigenvalue weighted by molar-refractivity contribution is 0.285. The molecule has 0 atom stereocenters. The molecule has 6 heteroatoms. The molecule has 2 heterocycles. The molecule has 0 spiro atoms. The lowest BCUT2D eigenvalue weighted by atomic mass is 10.3. The van der Waals surface area contributed by atoms with E-state index in [1.54, 1.807) is 18.4 Å². The van der Waals surface area contributed by atoms with Crippen LogP contribution < -0.4 is 11.3 Å². The highest BCUT2D eigenvalue weighted by atomic mass is 35.5. The van der Waals surface area contributed by atoms with E-state index >= 15 is 0 Å². The number of aromatic nitrogens is 1. The summed E-state index contributed by atoms with van der Waals surface area (Å²) in [6.45, 7) is 1.32. The van der Waals surface area contributed by atoms with Crippen LogP contribution >= 0.6 is 11.6 Å². The van der Waals surface area contributed by atoms with Crippen molar-refractivity contribution in [2.45, 2.75) is 13.1 Å². The first-order chi connectivity index (χ1) is 8.69. The van der Waals surface area contributed by atoms with Crippen molar-refractivity contribution in [3.8, 4) is 0 Å². The fourth-order valence-electron chi connectivity index (χ4n) is 1.66. The molecule has 0 aliphatic carbocycles. The first-order valence-corrected chi connectivity index (χ1v) is 5.90. The van der Waals surface area contributed by atoms with Crippen LogP contribution in [0.3, 0.4) is 0 Å². The van der Waals surface area contributed by atoms with Crippen molar-refractivity contribution in [1.82, 2.24) is 9.88 Å². The molecule has 0 aliphatic heterocycles. The summed E-state index contributed by atoms with van der Waals surface area (Å²) in [6.07, 6.45) is 1.66. The number of rotatable bonds is 5. The Morgan fingerprint density at radius 2 is 2.22 bits per heavy atom. The summed E-state index contributed by atoms with van der Waals surface area (Å²) >= 11 is 6.10. The lowest BCUT2D eigenvalue weighted by Gasteiger charge is -2.15. The van der Waals surface area contributed by atoms with Crippen LogP contribution in [0, 0.1) is 0 Å². The third-order valence-corrected chi connectivity index (χ3v) is 2.84. The molecule has 0 aliphatic rings. The van der Waals surface area contributed by atoms with Crippen LogP contribution in [0.25, 0.3) is 0 Å². The maximum Gasteiger partial charge on any atom is 0.140 e. The summed E-state index contributed by atoms with van der Waals surface area (Å²) in [5.74, 6) is 6.83. The normalized spacial score (nSPS) is 10.9. The van der Waals surface area contributed by atoms with E-state index in [9.17, 15) is 0 Å². The molecule has 0 aromatic carbocycles. The largest absolute Gasteiger partial charge is 0.468 e. The number of pyridine rings is 1. The van der Waals surface area contributed by atoms with Crippen molar-refractivity contribution in [3.05, 3.63) is 47.0 Å². The molecule has 0 saturated heterocycles. The lowest BCUT2D eigenvalue weighted by Crippen LogP contribution is -2.19. The first-order valence-electron chi connectivity index (χ1n) is 5.52. The van der Waals surface area contributed by atoms with Gasteiger partial charge in [-0.15, -0.1) is 0 Å². The average Bonchev–Trinajstić information content (AvgIpc) is 2.84. The molecular weight excluding hydrogens is 252 g/mol. The Bertz CT molecular complexity index is 501. The Morgan fingerprint density at radius 3 is 2.89 bits per heavy atom. The molecule has 0 saturated carbocycles. The van der Waals surface area contributed by atoms with Gasteiger partial charge in [-0.05, 0) is 31.3 Å². The van der Waals surface area contributed by atoms with Gasteiger partial charge in [0, 0.05) is 6.54 Å². The smallest absolute Gasteiger partial charge is 0.140 e. The fourth-order valence-corrected chi connectivity index (χ4v) is 1.82. The number of anilines is 1. The standard InChI is InChI=1S/C12H15ClN4O/c1-17(7-9-3-2-6-18-9)8-11-10(13)4-5-12(15-11)16-14/h2-6H,7-8,14H2,1H3,(H,15,16). The van der Waals surface area contributed by atoms with Gasteiger partial charge in [0.15, 0.2) is 0 Å². The van der Waals surface area contributed by atoms with Gasteiger partial charge in [0.05, 0.1) is 23.5 Å². The molecular formula is C12H15ClN4O. The SMILES string of the molecule is CN(Cc1ccco1)Cc1nc(NN)ccc1Cl. The third kappa shape index (κ3) is 3.22. The van der Waals surface area contributed by atoms with Crippen molar-refractivity contribution in [3.63, 3.8) is 0 Å². The second-order valence-corrected chi connectivity index (χ2v) is 4.43. The van der Waals surface area contributed by atoms with Crippen LogP contribution in [-0.2, 0) is 13.1 Å². The number of hydrogen-bond acceptors (Lipinski definition) is 5. The topological polar surface area (TPSA) is 67.3 Å². The fraction of sp³-hybridized carbons (Fsp3) is 0.250. The van der Waals surface area contributed by atoms with Gasteiger partial charge in [-0.2, -0.15) is 0 Å². The number of halogens is 1. The number of nitrogen functional groups attached to an aromatic ring is 1. The van der Waals surface area contributed by atoms with E-state index < -0.39 is 0 Å². The second kappa shape index (κ2) is 5.86. The molecule has 96 valence electrons. The van der Waals surface area contributed by atoms with Gasteiger partial charge in [-0.1, -0.05) is 11.6 Å². The van der Waals surface area contributed by atoms with Gasteiger partial charge in [0.2, 0.25) is 0 Å². The van der Waals surface area contributed by atoms with E-state index in [2.05, 4.69) is 15.3 Å². The summed E-state index contributed by atoms with van der Waals surface area (Å²) in [6, 6.07) is 7.31. The molecule has 2 aromatic heterocycles. The zero-order valence-corrected chi connectivity index (χ0v) is 10.8. The van der Waals surface area contributed by atoms with Crippen molar-refractivity contribution in [2.75, 3.05) is 12.5 Å². The minimum Gasteiger partial charge on any atom is -0.468 e. The molecule has 2 rings (SSSR count). The van der Waals surface area contributed by atoms with Crippen LogP contribution in [0.1, 0.15) is 11.5 Å². The van der Waals surface area contributed by atoms with E-state index in [4.69, 9.17) is 21.9 Å². The minimum absolute atomic E-state index is 0.598. The molecule has 3 N–H and O–H groups in total. The summed E-state index contributed by atoms with van der Waals surface area (Å²) in [5, 5.41) is 0.625. The zero-order chi connectivity index (χ0) is 13.0. The monoisotopic (exact) mass is 266 g/mol. The Balaban J connectivity index is 2.04. The predicted molar refractivity (Wildman–Crippen MR) is 70.9 cm³/mol. The number of nitrogens with two attached hydrogens (primary N) is 1. The molecule has 2 aromatic rings. The van der Waals surface area contributed by atoms with Crippen molar-refractivity contribution in [2.24, 2.45) is 5.84 Å².